The van der Waals surface area contributed by atoms with E-state index in [4.69, 9.17) is 9.84 Å². The lowest BCUT2D eigenvalue weighted by molar-refractivity contribution is -0.160. The maximum absolute atomic E-state index is 11.1. The molecule has 0 radical (unpaired) electrons. The number of hydrogen-bond donors (Lipinski definition) is 1. The fourth-order valence-corrected chi connectivity index (χ4v) is 0.717. The van der Waals surface area contributed by atoms with E-state index in [-0.39, 0.29) is 5.91 Å². The summed E-state index contributed by atoms with van der Waals surface area (Å²) in [5.41, 5.74) is 0. The van der Waals surface area contributed by atoms with Crippen LogP contribution in [-0.2, 0) is 9.53 Å². The van der Waals surface area contributed by atoms with Crippen LogP contribution in [0.2, 0.25) is 0 Å². The van der Waals surface area contributed by atoms with Crippen molar-refractivity contribution in [1.29, 1.82) is 0 Å². The molecule has 4 nitrogen and oxygen atoms in total. The van der Waals surface area contributed by atoms with Crippen molar-refractivity contribution in [2.75, 3.05) is 14.1 Å². The van der Waals surface area contributed by atoms with Crippen molar-refractivity contribution in [1.82, 2.24) is 4.90 Å². The van der Waals surface area contributed by atoms with Crippen LogP contribution in [-0.4, -0.2) is 42.4 Å². The van der Waals surface area contributed by atoms with Crippen LogP contribution < -0.4 is 0 Å². The zero-order valence-electron chi connectivity index (χ0n) is 7.37. The number of rotatable bonds is 3. The fourth-order valence-electron chi connectivity index (χ4n) is 0.717. The predicted molar refractivity (Wildman–Crippen MR) is 40.9 cm³/mol. The van der Waals surface area contributed by atoms with Crippen molar-refractivity contribution in [3.05, 3.63) is 0 Å². The Balaban J connectivity index is 3.83. The Labute approximate surface area is 66.8 Å². The molecule has 0 heterocycles. The van der Waals surface area contributed by atoms with E-state index < -0.39 is 12.4 Å². The van der Waals surface area contributed by atoms with Gasteiger partial charge < -0.3 is 14.7 Å². The van der Waals surface area contributed by atoms with Crippen LogP contribution in [0.1, 0.15) is 13.8 Å². The molecule has 0 rings (SSSR count). The second-order valence-corrected chi connectivity index (χ2v) is 2.61. The van der Waals surface area contributed by atoms with Gasteiger partial charge >= 0.3 is 0 Å². The molecule has 0 aliphatic carbocycles. The summed E-state index contributed by atoms with van der Waals surface area (Å²) in [6, 6.07) is 0. The molecule has 0 aromatic rings. The Bertz CT molecular complexity index is 134. The van der Waals surface area contributed by atoms with E-state index in [1.165, 1.54) is 11.8 Å². The molecule has 0 aliphatic rings. The number of likely N-dealkylation sites (N-methyl/N-ethyl adjacent to an activating group) is 1. The van der Waals surface area contributed by atoms with Gasteiger partial charge in [-0.25, -0.2) is 0 Å². The van der Waals surface area contributed by atoms with Crippen molar-refractivity contribution >= 4 is 5.91 Å². The fraction of sp³-hybridized carbons (Fsp3) is 0.857. The third kappa shape index (κ3) is 3.95. The lowest BCUT2D eigenvalue weighted by Gasteiger charge is -2.18. The average molecular weight is 161 g/mol. The van der Waals surface area contributed by atoms with Crippen LogP contribution in [0.25, 0.3) is 0 Å². The maximum atomic E-state index is 11.1. The second-order valence-electron chi connectivity index (χ2n) is 2.61. The van der Waals surface area contributed by atoms with Crippen molar-refractivity contribution in [3.8, 4) is 0 Å². The SMILES string of the molecule is CC(O)O[C@H](C)C(=O)N(C)C. The third-order valence-corrected chi connectivity index (χ3v) is 1.19. The highest BCUT2D eigenvalue weighted by molar-refractivity contribution is 5.79. The maximum Gasteiger partial charge on any atom is 0.251 e. The van der Waals surface area contributed by atoms with Gasteiger partial charge in [-0.05, 0) is 13.8 Å². The first kappa shape index (κ1) is 10.4. The van der Waals surface area contributed by atoms with E-state index in [0.29, 0.717) is 0 Å². The normalized spacial score (nSPS) is 15.7. The Morgan fingerprint density at radius 2 is 1.91 bits per heavy atom. The van der Waals surface area contributed by atoms with Crippen molar-refractivity contribution in [3.63, 3.8) is 0 Å². The lowest BCUT2D eigenvalue weighted by Crippen LogP contribution is -2.35. The molecular formula is C7H15NO3. The summed E-state index contributed by atoms with van der Waals surface area (Å²) in [5, 5.41) is 8.76. The Morgan fingerprint density at radius 1 is 1.45 bits per heavy atom. The molecule has 0 saturated carbocycles. The van der Waals surface area contributed by atoms with Crippen LogP contribution in [0.15, 0.2) is 0 Å². The summed E-state index contributed by atoms with van der Waals surface area (Å²) in [7, 11) is 3.29. The highest BCUT2D eigenvalue weighted by atomic mass is 16.6. The van der Waals surface area contributed by atoms with Crippen LogP contribution in [0.4, 0.5) is 0 Å². The highest BCUT2D eigenvalue weighted by Gasteiger charge is 2.16. The minimum Gasteiger partial charge on any atom is -0.368 e. The summed E-state index contributed by atoms with van der Waals surface area (Å²) in [5.74, 6) is -0.147. The van der Waals surface area contributed by atoms with E-state index >= 15 is 0 Å². The van der Waals surface area contributed by atoms with Crippen molar-refractivity contribution in [2.24, 2.45) is 0 Å². The number of amides is 1. The van der Waals surface area contributed by atoms with Gasteiger partial charge in [0.1, 0.15) is 6.10 Å². The molecule has 0 aliphatic heterocycles. The van der Waals surface area contributed by atoms with Gasteiger partial charge in [0.15, 0.2) is 6.29 Å². The zero-order valence-corrected chi connectivity index (χ0v) is 7.37. The molecule has 2 atom stereocenters. The molecule has 11 heavy (non-hydrogen) atoms. The van der Waals surface area contributed by atoms with Gasteiger partial charge in [0.25, 0.3) is 5.91 Å². The molecule has 66 valence electrons. The summed E-state index contributed by atoms with van der Waals surface area (Å²) in [4.78, 5) is 12.5. The van der Waals surface area contributed by atoms with E-state index in [1.807, 2.05) is 0 Å². The number of ether oxygens (including phenoxy) is 1. The standard InChI is InChI=1S/C7H15NO3/c1-5(11-6(2)9)7(10)8(3)4/h5-6,9H,1-4H3/t5-,6?/m1/s1. The van der Waals surface area contributed by atoms with Gasteiger partial charge in [0, 0.05) is 14.1 Å². The summed E-state index contributed by atoms with van der Waals surface area (Å²) in [6.45, 7) is 3.08. The lowest BCUT2D eigenvalue weighted by atomic mass is 10.3. The minimum atomic E-state index is -0.895. The van der Waals surface area contributed by atoms with Gasteiger partial charge in [-0.2, -0.15) is 0 Å². The number of aliphatic hydroxyl groups excluding tert-OH is 1. The van der Waals surface area contributed by atoms with Gasteiger partial charge in [-0.1, -0.05) is 0 Å². The summed E-state index contributed by atoms with van der Waals surface area (Å²) in [6.07, 6.45) is -1.47. The molecule has 0 bridgehead atoms. The number of nitrogens with zero attached hydrogens (tertiary/aromatic N) is 1. The Hall–Kier alpha value is -0.610. The molecule has 0 fully saturated rings. The quantitative estimate of drug-likeness (QED) is 0.584. The van der Waals surface area contributed by atoms with Gasteiger partial charge in [0.05, 0.1) is 0 Å². The third-order valence-electron chi connectivity index (χ3n) is 1.19. The summed E-state index contributed by atoms with van der Waals surface area (Å²) >= 11 is 0. The van der Waals surface area contributed by atoms with E-state index in [2.05, 4.69) is 0 Å². The van der Waals surface area contributed by atoms with Crippen molar-refractivity contribution < 1.29 is 14.6 Å². The summed E-state index contributed by atoms with van der Waals surface area (Å²) < 4.78 is 4.84. The van der Waals surface area contributed by atoms with Crippen molar-refractivity contribution in [2.45, 2.75) is 26.2 Å². The molecule has 1 unspecified atom stereocenters. The van der Waals surface area contributed by atoms with Crippen LogP contribution in [0, 0.1) is 0 Å². The number of hydrogen-bond acceptors (Lipinski definition) is 3. The molecule has 0 aromatic heterocycles. The smallest absolute Gasteiger partial charge is 0.251 e. The van der Waals surface area contributed by atoms with E-state index in [9.17, 15) is 4.79 Å². The van der Waals surface area contributed by atoms with Crippen LogP contribution >= 0.6 is 0 Å². The molecule has 0 aromatic carbocycles. The van der Waals surface area contributed by atoms with E-state index in [0.717, 1.165) is 0 Å². The number of aliphatic hydroxyl groups is 1. The number of carbonyl (C=O) groups excluding carboxylic acids is 1. The topological polar surface area (TPSA) is 49.8 Å². The highest BCUT2D eigenvalue weighted by Crippen LogP contribution is 1.97. The predicted octanol–water partition coefficient (Wildman–Crippen LogP) is -0.182. The number of carbonyl (C=O) groups is 1. The Morgan fingerprint density at radius 3 is 2.18 bits per heavy atom. The monoisotopic (exact) mass is 161 g/mol. The molecule has 0 spiro atoms. The van der Waals surface area contributed by atoms with Crippen LogP contribution in [0.3, 0.4) is 0 Å². The van der Waals surface area contributed by atoms with E-state index in [1.54, 1.807) is 21.0 Å². The molecule has 1 N–H and O–H groups in total. The molecule has 1 amide bonds. The minimum absolute atomic E-state index is 0.147. The molecular weight excluding hydrogens is 146 g/mol. The second kappa shape index (κ2) is 4.31. The Kier molecular flexibility index (Phi) is 4.07. The zero-order chi connectivity index (χ0) is 9.02. The molecule has 0 saturated heterocycles. The first-order valence-corrected chi connectivity index (χ1v) is 3.50. The first-order chi connectivity index (χ1) is 4.95. The van der Waals surface area contributed by atoms with Gasteiger partial charge in [-0.3, -0.25) is 4.79 Å². The van der Waals surface area contributed by atoms with Gasteiger partial charge in [-0.15, -0.1) is 0 Å². The average Bonchev–Trinajstić information content (AvgIpc) is 1.84. The largest absolute Gasteiger partial charge is 0.368 e. The molecule has 4 heteroatoms. The van der Waals surface area contributed by atoms with Gasteiger partial charge in [0.2, 0.25) is 0 Å². The van der Waals surface area contributed by atoms with Crippen LogP contribution in [0.5, 0.6) is 0 Å². The first-order valence-electron chi connectivity index (χ1n) is 3.50.